The first-order valence-corrected chi connectivity index (χ1v) is 12.8. The van der Waals surface area contributed by atoms with Crippen LogP contribution in [0.25, 0.3) is 5.69 Å². The van der Waals surface area contributed by atoms with Gasteiger partial charge in [-0.2, -0.15) is 0 Å². The maximum Gasteiger partial charge on any atom is 0.271 e. The molecule has 0 saturated carbocycles. The van der Waals surface area contributed by atoms with Crippen molar-refractivity contribution in [2.75, 3.05) is 5.73 Å². The van der Waals surface area contributed by atoms with Crippen molar-refractivity contribution in [3.8, 4) is 5.69 Å². The predicted octanol–water partition coefficient (Wildman–Crippen LogP) is 7.17. The summed E-state index contributed by atoms with van der Waals surface area (Å²) >= 11 is 0. The van der Waals surface area contributed by atoms with Crippen LogP contribution in [0.2, 0.25) is 0 Å². The molecular formula is C27H45N3O. The van der Waals surface area contributed by atoms with Gasteiger partial charge in [0.1, 0.15) is 0 Å². The quantitative estimate of drug-likeness (QED) is 0.215. The summed E-state index contributed by atoms with van der Waals surface area (Å²) in [5, 5.41) is 0. The third kappa shape index (κ3) is 9.37. The molecule has 1 aromatic carbocycles. The summed E-state index contributed by atoms with van der Waals surface area (Å²) in [7, 11) is 1.97. The Hall–Kier alpha value is -1.97. The number of benzene rings is 1. The van der Waals surface area contributed by atoms with Gasteiger partial charge in [0.05, 0.1) is 5.69 Å². The van der Waals surface area contributed by atoms with E-state index in [0.29, 0.717) is 5.69 Å². The van der Waals surface area contributed by atoms with Crippen molar-refractivity contribution >= 4 is 5.69 Å². The van der Waals surface area contributed by atoms with E-state index in [1.54, 1.807) is 10.7 Å². The van der Waals surface area contributed by atoms with Crippen LogP contribution in [-0.4, -0.2) is 9.36 Å². The molecule has 0 atom stereocenters. The summed E-state index contributed by atoms with van der Waals surface area (Å²) in [6.45, 7) is 2.28. The van der Waals surface area contributed by atoms with Crippen LogP contribution in [-0.2, 0) is 13.5 Å². The van der Waals surface area contributed by atoms with E-state index >= 15 is 0 Å². The topological polar surface area (TPSA) is 52.9 Å². The van der Waals surface area contributed by atoms with Crippen LogP contribution >= 0.6 is 0 Å². The smallest absolute Gasteiger partial charge is 0.271 e. The molecule has 0 amide bonds. The summed E-state index contributed by atoms with van der Waals surface area (Å²) in [6, 6.07) is 9.24. The summed E-state index contributed by atoms with van der Waals surface area (Å²) < 4.78 is 3.71. The number of nitrogens with zero attached hydrogens (tertiary/aromatic N) is 2. The minimum Gasteiger partial charge on any atom is -0.399 e. The van der Waals surface area contributed by atoms with E-state index in [4.69, 9.17) is 5.73 Å². The van der Waals surface area contributed by atoms with Crippen LogP contribution < -0.4 is 11.3 Å². The van der Waals surface area contributed by atoms with Crippen LogP contribution in [0.4, 0.5) is 5.69 Å². The molecule has 4 heteroatoms. The summed E-state index contributed by atoms with van der Waals surface area (Å²) in [4.78, 5) is 12.4. The highest BCUT2D eigenvalue weighted by Gasteiger charge is 2.09. The van der Waals surface area contributed by atoms with Crippen LogP contribution in [0, 0.1) is 0 Å². The number of anilines is 1. The van der Waals surface area contributed by atoms with Gasteiger partial charge in [0.25, 0.3) is 5.56 Å². The molecule has 0 bridgehead atoms. The Kier molecular flexibility index (Phi) is 12.2. The van der Waals surface area contributed by atoms with Gasteiger partial charge < -0.3 is 5.73 Å². The van der Waals surface area contributed by atoms with Gasteiger partial charge in [-0.05, 0) is 37.1 Å². The van der Waals surface area contributed by atoms with Crippen LogP contribution in [0.3, 0.4) is 0 Å². The standard InChI is InChI=1S/C27H45N3O/c1-3-4-5-6-7-8-9-10-11-12-13-14-15-16-17-18-26-23-27(31)30(29(26)2)25-21-19-24(28)20-22-25/h19-23H,3-18,28H2,1-2H3. The molecule has 0 fully saturated rings. The van der Waals surface area contributed by atoms with Crippen molar-refractivity contribution in [2.45, 2.75) is 110 Å². The highest BCUT2D eigenvalue weighted by molar-refractivity contribution is 5.44. The molecule has 0 aliphatic heterocycles. The van der Waals surface area contributed by atoms with Gasteiger partial charge in [-0.25, -0.2) is 4.68 Å². The first-order chi connectivity index (χ1) is 15.1. The number of nitrogens with two attached hydrogens (primary N) is 1. The molecule has 31 heavy (non-hydrogen) atoms. The third-order valence-electron chi connectivity index (χ3n) is 6.39. The fourth-order valence-corrected chi connectivity index (χ4v) is 4.40. The summed E-state index contributed by atoms with van der Waals surface area (Å²) in [5.74, 6) is 0. The molecular weight excluding hydrogens is 382 g/mol. The van der Waals surface area contributed by atoms with Crippen molar-refractivity contribution in [2.24, 2.45) is 7.05 Å². The van der Waals surface area contributed by atoms with Crippen molar-refractivity contribution < 1.29 is 0 Å². The molecule has 2 aromatic rings. The van der Waals surface area contributed by atoms with Crippen molar-refractivity contribution in [1.29, 1.82) is 0 Å². The van der Waals surface area contributed by atoms with Crippen molar-refractivity contribution in [3.05, 3.63) is 46.4 Å². The molecule has 0 spiro atoms. The van der Waals surface area contributed by atoms with Crippen LogP contribution in [0.5, 0.6) is 0 Å². The Bertz CT molecular complexity index is 773. The number of unbranched alkanes of at least 4 members (excludes halogenated alkanes) is 14. The molecule has 4 nitrogen and oxygen atoms in total. The lowest BCUT2D eigenvalue weighted by Gasteiger charge is -2.10. The minimum absolute atomic E-state index is 0.0308. The molecule has 0 radical (unpaired) electrons. The normalized spacial score (nSPS) is 11.3. The van der Waals surface area contributed by atoms with Gasteiger partial charge in [-0.1, -0.05) is 96.8 Å². The molecule has 174 valence electrons. The minimum atomic E-state index is 0.0308. The van der Waals surface area contributed by atoms with Gasteiger partial charge in [0.2, 0.25) is 0 Å². The first kappa shape index (κ1) is 25.3. The Balaban J connectivity index is 1.51. The number of aryl methyl sites for hydroxylation is 1. The van der Waals surface area contributed by atoms with E-state index in [0.717, 1.165) is 24.2 Å². The zero-order valence-electron chi connectivity index (χ0n) is 20.1. The number of hydrogen-bond donors (Lipinski definition) is 1. The molecule has 0 saturated heterocycles. The van der Waals surface area contributed by atoms with Gasteiger partial charge in [0, 0.05) is 24.5 Å². The number of rotatable bonds is 17. The maximum absolute atomic E-state index is 12.4. The lowest BCUT2D eigenvalue weighted by atomic mass is 10.0. The van der Waals surface area contributed by atoms with Gasteiger partial charge >= 0.3 is 0 Å². The summed E-state index contributed by atoms with van der Waals surface area (Å²) in [6.07, 6.45) is 21.6. The van der Waals surface area contributed by atoms with E-state index in [-0.39, 0.29) is 5.56 Å². The van der Waals surface area contributed by atoms with Gasteiger partial charge in [-0.15, -0.1) is 0 Å². The number of nitrogen functional groups attached to an aromatic ring is 1. The van der Waals surface area contributed by atoms with Crippen LogP contribution in [0.1, 0.15) is 109 Å². The molecule has 0 unspecified atom stereocenters. The average molecular weight is 428 g/mol. The van der Waals surface area contributed by atoms with E-state index in [2.05, 4.69) is 6.92 Å². The fraction of sp³-hybridized carbons (Fsp3) is 0.667. The largest absolute Gasteiger partial charge is 0.399 e. The third-order valence-corrected chi connectivity index (χ3v) is 6.39. The van der Waals surface area contributed by atoms with E-state index in [9.17, 15) is 4.79 Å². The number of hydrogen-bond acceptors (Lipinski definition) is 2. The lowest BCUT2D eigenvalue weighted by Crippen LogP contribution is -2.19. The Morgan fingerprint density at radius 1 is 0.710 bits per heavy atom. The highest BCUT2D eigenvalue weighted by atomic mass is 16.1. The SMILES string of the molecule is CCCCCCCCCCCCCCCCCc1cc(=O)n(-c2ccc(N)cc2)n1C. The monoisotopic (exact) mass is 427 g/mol. The molecule has 0 aliphatic carbocycles. The number of aromatic nitrogens is 2. The lowest BCUT2D eigenvalue weighted by molar-refractivity contribution is 0.529. The summed E-state index contributed by atoms with van der Waals surface area (Å²) in [5.41, 5.74) is 8.48. The van der Waals surface area contributed by atoms with E-state index < -0.39 is 0 Å². The van der Waals surface area contributed by atoms with Crippen LogP contribution in [0.15, 0.2) is 35.1 Å². The van der Waals surface area contributed by atoms with E-state index in [1.165, 1.54) is 89.9 Å². The molecule has 1 heterocycles. The zero-order valence-corrected chi connectivity index (χ0v) is 20.1. The van der Waals surface area contributed by atoms with Crippen molar-refractivity contribution in [3.63, 3.8) is 0 Å². The average Bonchev–Trinajstić information content (AvgIpc) is 3.04. The Morgan fingerprint density at radius 3 is 1.65 bits per heavy atom. The maximum atomic E-state index is 12.4. The molecule has 2 N–H and O–H groups in total. The Labute approximate surface area is 189 Å². The zero-order chi connectivity index (χ0) is 22.3. The first-order valence-electron chi connectivity index (χ1n) is 12.8. The predicted molar refractivity (Wildman–Crippen MR) is 134 cm³/mol. The second kappa shape index (κ2) is 14.9. The fourth-order valence-electron chi connectivity index (χ4n) is 4.40. The van der Waals surface area contributed by atoms with Gasteiger partial charge in [-0.3, -0.25) is 9.48 Å². The van der Waals surface area contributed by atoms with E-state index in [1.807, 2.05) is 36.0 Å². The molecule has 1 aromatic heterocycles. The second-order valence-corrected chi connectivity index (χ2v) is 9.10. The highest BCUT2D eigenvalue weighted by Crippen LogP contribution is 2.15. The molecule has 0 aliphatic rings. The van der Waals surface area contributed by atoms with Crippen molar-refractivity contribution in [1.82, 2.24) is 9.36 Å². The Morgan fingerprint density at radius 2 is 1.16 bits per heavy atom. The van der Waals surface area contributed by atoms with Gasteiger partial charge in [0.15, 0.2) is 0 Å². The second-order valence-electron chi connectivity index (χ2n) is 9.10. The molecule has 2 rings (SSSR count).